The Morgan fingerprint density at radius 1 is 1.38 bits per heavy atom. The molecule has 2 aromatic rings. The highest BCUT2D eigenvalue weighted by molar-refractivity contribution is 7.18. The van der Waals surface area contributed by atoms with Gasteiger partial charge in [-0.3, -0.25) is 0 Å². The first-order valence-corrected chi connectivity index (χ1v) is 6.52. The van der Waals surface area contributed by atoms with E-state index in [0.29, 0.717) is 17.3 Å². The SMILES string of the molecule is CC1(C)[C@H](CN)[C@H]1c1nc2ccccc2s1. The van der Waals surface area contributed by atoms with Gasteiger partial charge in [-0.2, -0.15) is 0 Å². The number of nitrogens with zero attached hydrogens (tertiary/aromatic N) is 1. The second-order valence-corrected chi connectivity index (χ2v) is 6.22. The van der Waals surface area contributed by atoms with E-state index < -0.39 is 0 Å². The largest absolute Gasteiger partial charge is 0.330 e. The lowest BCUT2D eigenvalue weighted by molar-refractivity contribution is 0.558. The van der Waals surface area contributed by atoms with Crippen LogP contribution in [0.25, 0.3) is 10.2 Å². The predicted octanol–water partition coefficient (Wildman–Crippen LogP) is 2.99. The van der Waals surface area contributed by atoms with Gasteiger partial charge in [0.1, 0.15) is 0 Å². The van der Waals surface area contributed by atoms with Crippen LogP contribution in [0.5, 0.6) is 0 Å². The van der Waals surface area contributed by atoms with Crippen molar-refractivity contribution in [1.82, 2.24) is 4.98 Å². The van der Waals surface area contributed by atoms with Gasteiger partial charge in [0.2, 0.25) is 0 Å². The molecular weight excluding hydrogens is 216 g/mol. The molecule has 0 radical (unpaired) electrons. The molecule has 2 nitrogen and oxygen atoms in total. The third kappa shape index (κ3) is 1.31. The van der Waals surface area contributed by atoms with E-state index in [1.54, 1.807) is 0 Å². The van der Waals surface area contributed by atoms with Gasteiger partial charge in [-0.15, -0.1) is 11.3 Å². The molecule has 2 atom stereocenters. The third-order valence-electron chi connectivity index (χ3n) is 3.88. The molecule has 2 N–H and O–H groups in total. The summed E-state index contributed by atoms with van der Waals surface area (Å²) in [6.07, 6.45) is 0. The van der Waals surface area contributed by atoms with Crippen LogP contribution in [0, 0.1) is 11.3 Å². The highest BCUT2D eigenvalue weighted by Gasteiger charge is 2.58. The van der Waals surface area contributed by atoms with E-state index in [4.69, 9.17) is 10.7 Å². The maximum Gasteiger partial charge on any atom is 0.0978 e. The Morgan fingerprint density at radius 2 is 2.12 bits per heavy atom. The van der Waals surface area contributed by atoms with Crippen LogP contribution in [0.4, 0.5) is 0 Å². The molecule has 1 aromatic heterocycles. The molecule has 84 valence electrons. The van der Waals surface area contributed by atoms with E-state index in [1.165, 1.54) is 9.71 Å². The fourth-order valence-electron chi connectivity index (χ4n) is 2.70. The first kappa shape index (κ1) is 10.2. The summed E-state index contributed by atoms with van der Waals surface area (Å²) < 4.78 is 1.29. The molecule has 1 saturated carbocycles. The molecule has 0 spiro atoms. The van der Waals surface area contributed by atoms with Gasteiger partial charge in [0, 0.05) is 5.92 Å². The Labute approximate surface area is 99.5 Å². The predicted molar refractivity (Wildman–Crippen MR) is 68.7 cm³/mol. The van der Waals surface area contributed by atoms with Gasteiger partial charge in [0.15, 0.2) is 0 Å². The second-order valence-electron chi connectivity index (χ2n) is 5.16. The molecule has 3 heteroatoms. The van der Waals surface area contributed by atoms with Gasteiger partial charge in [0.05, 0.1) is 15.2 Å². The first-order chi connectivity index (χ1) is 7.64. The van der Waals surface area contributed by atoms with Gasteiger partial charge in [-0.05, 0) is 30.0 Å². The van der Waals surface area contributed by atoms with Crippen molar-refractivity contribution < 1.29 is 0 Å². The lowest BCUT2D eigenvalue weighted by atomic mass is 10.1. The fourth-order valence-corrected chi connectivity index (χ4v) is 4.03. The summed E-state index contributed by atoms with van der Waals surface area (Å²) in [5, 5.41) is 1.27. The normalized spacial score (nSPS) is 27.2. The molecule has 0 bridgehead atoms. The Kier molecular flexibility index (Phi) is 2.10. The number of rotatable bonds is 2. The smallest absolute Gasteiger partial charge is 0.0978 e. The molecule has 16 heavy (non-hydrogen) atoms. The van der Waals surface area contributed by atoms with Crippen LogP contribution in [-0.4, -0.2) is 11.5 Å². The fraction of sp³-hybridized carbons (Fsp3) is 0.462. The number of nitrogens with two attached hydrogens (primary N) is 1. The van der Waals surface area contributed by atoms with Crippen molar-refractivity contribution in [3.8, 4) is 0 Å². The molecule has 1 aliphatic rings. The number of hydrogen-bond acceptors (Lipinski definition) is 3. The van der Waals surface area contributed by atoms with E-state index in [1.807, 2.05) is 17.4 Å². The van der Waals surface area contributed by atoms with Crippen molar-refractivity contribution in [1.29, 1.82) is 0 Å². The number of benzene rings is 1. The summed E-state index contributed by atoms with van der Waals surface area (Å²) in [7, 11) is 0. The van der Waals surface area contributed by atoms with Gasteiger partial charge >= 0.3 is 0 Å². The van der Waals surface area contributed by atoms with Gasteiger partial charge in [0.25, 0.3) is 0 Å². The van der Waals surface area contributed by atoms with Gasteiger partial charge < -0.3 is 5.73 Å². The zero-order valence-electron chi connectivity index (χ0n) is 9.60. The highest BCUT2D eigenvalue weighted by Crippen LogP contribution is 2.64. The van der Waals surface area contributed by atoms with Gasteiger partial charge in [-0.25, -0.2) is 4.98 Å². The van der Waals surface area contributed by atoms with Crippen molar-refractivity contribution in [2.45, 2.75) is 19.8 Å². The Morgan fingerprint density at radius 3 is 2.75 bits per heavy atom. The second kappa shape index (κ2) is 3.28. The Hall–Kier alpha value is -0.930. The lowest BCUT2D eigenvalue weighted by Gasteiger charge is -1.98. The van der Waals surface area contributed by atoms with Crippen LogP contribution in [0.3, 0.4) is 0 Å². The summed E-state index contributed by atoms with van der Waals surface area (Å²) >= 11 is 1.82. The van der Waals surface area contributed by atoms with E-state index in [-0.39, 0.29) is 0 Å². The summed E-state index contributed by atoms with van der Waals surface area (Å²) in [5.74, 6) is 1.17. The Balaban J connectivity index is 2.02. The van der Waals surface area contributed by atoms with Crippen LogP contribution >= 0.6 is 11.3 Å². The van der Waals surface area contributed by atoms with Crippen LogP contribution < -0.4 is 5.73 Å². The van der Waals surface area contributed by atoms with E-state index in [9.17, 15) is 0 Å². The molecule has 1 aromatic carbocycles. The van der Waals surface area contributed by atoms with Crippen LogP contribution in [0.1, 0.15) is 24.8 Å². The maximum absolute atomic E-state index is 5.81. The van der Waals surface area contributed by atoms with E-state index >= 15 is 0 Å². The van der Waals surface area contributed by atoms with Crippen LogP contribution in [0.15, 0.2) is 24.3 Å². The molecule has 0 amide bonds. The van der Waals surface area contributed by atoms with Crippen molar-refractivity contribution in [2.75, 3.05) is 6.54 Å². The van der Waals surface area contributed by atoms with E-state index in [0.717, 1.165) is 12.1 Å². The standard InChI is InChI=1S/C13H16N2S/c1-13(2)8(7-14)11(13)12-15-9-5-3-4-6-10(9)16-12/h3-6,8,11H,7,14H2,1-2H3/t8-,11+/m1/s1. The number of fused-ring (bicyclic) bond motifs is 1. The molecule has 1 fully saturated rings. The minimum Gasteiger partial charge on any atom is -0.330 e. The van der Waals surface area contributed by atoms with Crippen molar-refractivity contribution in [2.24, 2.45) is 17.1 Å². The van der Waals surface area contributed by atoms with Gasteiger partial charge in [-0.1, -0.05) is 26.0 Å². The molecule has 0 saturated heterocycles. The molecule has 3 rings (SSSR count). The average molecular weight is 232 g/mol. The summed E-state index contributed by atoms with van der Waals surface area (Å²) in [6.45, 7) is 5.36. The maximum atomic E-state index is 5.81. The zero-order valence-corrected chi connectivity index (χ0v) is 10.4. The number of aromatic nitrogens is 1. The van der Waals surface area contributed by atoms with Crippen LogP contribution in [-0.2, 0) is 0 Å². The third-order valence-corrected chi connectivity index (χ3v) is 5.00. The minimum absolute atomic E-state index is 0.336. The monoisotopic (exact) mass is 232 g/mol. The summed E-state index contributed by atoms with van der Waals surface area (Å²) in [6, 6.07) is 8.35. The van der Waals surface area contributed by atoms with E-state index in [2.05, 4.69) is 32.0 Å². The topological polar surface area (TPSA) is 38.9 Å². The molecule has 0 aliphatic heterocycles. The average Bonchev–Trinajstić information content (AvgIpc) is 2.65. The summed E-state index contributed by atoms with van der Waals surface area (Å²) in [4.78, 5) is 4.73. The van der Waals surface area contributed by atoms with Crippen molar-refractivity contribution in [3.63, 3.8) is 0 Å². The quantitative estimate of drug-likeness (QED) is 0.864. The Bertz CT molecular complexity index is 496. The van der Waals surface area contributed by atoms with Crippen molar-refractivity contribution >= 4 is 21.6 Å². The van der Waals surface area contributed by atoms with Crippen LogP contribution in [0.2, 0.25) is 0 Å². The summed E-state index contributed by atoms with van der Waals surface area (Å²) in [5.41, 5.74) is 7.27. The molecule has 0 unspecified atom stereocenters. The number of para-hydroxylation sites is 1. The number of hydrogen-bond donors (Lipinski definition) is 1. The minimum atomic E-state index is 0.336. The molecular formula is C13H16N2S. The number of thiazole rings is 1. The zero-order chi connectivity index (χ0) is 11.3. The molecule has 1 aliphatic carbocycles. The van der Waals surface area contributed by atoms with Crippen molar-refractivity contribution in [3.05, 3.63) is 29.3 Å². The highest BCUT2D eigenvalue weighted by atomic mass is 32.1. The molecule has 1 heterocycles. The lowest BCUT2D eigenvalue weighted by Crippen LogP contribution is -2.05. The first-order valence-electron chi connectivity index (χ1n) is 5.70.